The Labute approximate surface area is 132 Å². The summed E-state index contributed by atoms with van der Waals surface area (Å²) < 4.78 is 0. The third kappa shape index (κ3) is 5.39. The van der Waals surface area contributed by atoms with Gasteiger partial charge in [0.1, 0.15) is 0 Å². The minimum atomic E-state index is -0.304. The van der Waals surface area contributed by atoms with Gasteiger partial charge in [-0.25, -0.2) is 4.79 Å². The zero-order chi connectivity index (χ0) is 16.7. The third-order valence-electron chi connectivity index (χ3n) is 3.67. The van der Waals surface area contributed by atoms with Crippen LogP contribution in [-0.4, -0.2) is 24.5 Å². The van der Waals surface area contributed by atoms with Gasteiger partial charge in [0.2, 0.25) is 5.91 Å². The first kappa shape index (κ1) is 18.0. The molecular formula is C17H27N3O2. The second kappa shape index (κ2) is 8.41. The average molecular weight is 305 g/mol. The number of benzene rings is 1. The smallest absolute Gasteiger partial charge is 0.315 e. The van der Waals surface area contributed by atoms with Crippen molar-refractivity contribution in [3.63, 3.8) is 0 Å². The van der Waals surface area contributed by atoms with Gasteiger partial charge in [-0.2, -0.15) is 0 Å². The van der Waals surface area contributed by atoms with E-state index in [0.717, 1.165) is 35.2 Å². The SMILES string of the molecule is CCC(CC)NC(=O)NCC(=O)Nc1c(C)cc(C)cc1C. The molecule has 5 heteroatoms. The summed E-state index contributed by atoms with van der Waals surface area (Å²) >= 11 is 0. The average Bonchev–Trinajstić information content (AvgIpc) is 2.46. The van der Waals surface area contributed by atoms with Crippen LogP contribution in [0.5, 0.6) is 0 Å². The molecule has 0 radical (unpaired) electrons. The molecule has 0 aliphatic rings. The third-order valence-corrected chi connectivity index (χ3v) is 3.67. The Morgan fingerprint density at radius 1 is 1.05 bits per heavy atom. The lowest BCUT2D eigenvalue weighted by Gasteiger charge is -2.16. The fourth-order valence-corrected chi connectivity index (χ4v) is 2.45. The lowest BCUT2D eigenvalue weighted by molar-refractivity contribution is -0.115. The summed E-state index contributed by atoms with van der Waals surface area (Å²) in [6, 6.07) is 3.89. The van der Waals surface area contributed by atoms with Crippen molar-refractivity contribution in [1.82, 2.24) is 10.6 Å². The van der Waals surface area contributed by atoms with Crippen molar-refractivity contribution in [2.75, 3.05) is 11.9 Å². The molecule has 0 bridgehead atoms. The summed E-state index contributed by atoms with van der Waals surface area (Å²) in [7, 11) is 0. The molecule has 0 unspecified atom stereocenters. The van der Waals surface area contributed by atoms with E-state index in [1.165, 1.54) is 0 Å². The highest BCUT2D eigenvalue weighted by Gasteiger charge is 2.11. The summed E-state index contributed by atoms with van der Waals surface area (Å²) in [6.07, 6.45) is 1.75. The Morgan fingerprint density at radius 2 is 1.59 bits per heavy atom. The van der Waals surface area contributed by atoms with Gasteiger partial charge in [0.25, 0.3) is 0 Å². The van der Waals surface area contributed by atoms with Crippen molar-refractivity contribution in [3.05, 3.63) is 28.8 Å². The number of urea groups is 1. The molecule has 0 saturated carbocycles. The monoisotopic (exact) mass is 305 g/mol. The van der Waals surface area contributed by atoms with Crippen LogP contribution in [0.15, 0.2) is 12.1 Å². The van der Waals surface area contributed by atoms with Gasteiger partial charge in [0.05, 0.1) is 6.54 Å². The van der Waals surface area contributed by atoms with Crippen LogP contribution < -0.4 is 16.0 Å². The summed E-state index contributed by atoms with van der Waals surface area (Å²) in [5, 5.41) is 8.29. The van der Waals surface area contributed by atoms with E-state index in [1.54, 1.807) is 0 Å². The first-order chi connectivity index (χ1) is 10.4. The predicted molar refractivity (Wildman–Crippen MR) is 90.2 cm³/mol. The molecule has 3 N–H and O–H groups in total. The summed E-state index contributed by atoms with van der Waals surface area (Å²) in [5.41, 5.74) is 4.02. The number of rotatable bonds is 6. The Morgan fingerprint density at radius 3 is 2.09 bits per heavy atom. The number of carbonyl (C=O) groups excluding carboxylic acids is 2. The molecule has 122 valence electrons. The number of carbonyl (C=O) groups is 2. The number of amides is 3. The topological polar surface area (TPSA) is 70.2 Å². The molecule has 0 aliphatic heterocycles. The van der Waals surface area contributed by atoms with E-state index in [1.807, 2.05) is 46.8 Å². The Hall–Kier alpha value is -2.04. The van der Waals surface area contributed by atoms with Crippen LogP contribution in [-0.2, 0) is 4.79 Å². The summed E-state index contributed by atoms with van der Waals surface area (Å²) in [5.74, 6) is -0.227. The van der Waals surface area contributed by atoms with Gasteiger partial charge in [-0.3, -0.25) is 4.79 Å². The Kier molecular flexibility index (Phi) is 6.89. The number of nitrogens with one attached hydrogen (secondary N) is 3. The molecule has 0 saturated heterocycles. The lowest BCUT2D eigenvalue weighted by atomic mass is 10.1. The quantitative estimate of drug-likeness (QED) is 0.756. The predicted octanol–water partition coefficient (Wildman–Crippen LogP) is 3.04. The van der Waals surface area contributed by atoms with Gasteiger partial charge in [-0.15, -0.1) is 0 Å². The van der Waals surface area contributed by atoms with Crippen LogP contribution in [0.25, 0.3) is 0 Å². The van der Waals surface area contributed by atoms with Crippen molar-refractivity contribution in [3.8, 4) is 0 Å². The fraction of sp³-hybridized carbons (Fsp3) is 0.529. The van der Waals surface area contributed by atoms with Crippen LogP contribution in [0, 0.1) is 20.8 Å². The molecular weight excluding hydrogens is 278 g/mol. The number of aryl methyl sites for hydroxylation is 3. The van der Waals surface area contributed by atoms with E-state index in [2.05, 4.69) is 16.0 Å². The van der Waals surface area contributed by atoms with Gasteiger partial charge in [-0.1, -0.05) is 31.5 Å². The van der Waals surface area contributed by atoms with Crippen molar-refractivity contribution < 1.29 is 9.59 Å². The van der Waals surface area contributed by atoms with Gasteiger partial charge < -0.3 is 16.0 Å². The van der Waals surface area contributed by atoms with E-state index in [0.29, 0.717) is 0 Å². The van der Waals surface area contributed by atoms with Gasteiger partial charge in [-0.05, 0) is 44.7 Å². The Bertz CT molecular complexity index is 514. The normalized spacial score (nSPS) is 10.5. The highest BCUT2D eigenvalue weighted by atomic mass is 16.2. The van der Waals surface area contributed by atoms with E-state index in [9.17, 15) is 9.59 Å². The van der Waals surface area contributed by atoms with Crippen LogP contribution in [0.4, 0.5) is 10.5 Å². The molecule has 0 aliphatic carbocycles. The van der Waals surface area contributed by atoms with Gasteiger partial charge in [0.15, 0.2) is 0 Å². The maximum absolute atomic E-state index is 12.0. The van der Waals surface area contributed by atoms with E-state index >= 15 is 0 Å². The lowest BCUT2D eigenvalue weighted by Crippen LogP contribution is -2.44. The highest BCUT2D eigenvalue weighted by Crippen LogP contribution is 2.21. The first-order valence-electron chi connectivity index (χ1n) is 7.79. The van der Waals surface area contributed by atoms with E-state index in [4.69, 9.17) is 0 Å². The second-order valence-corrected chi connectivity index (χ2v) is 5.66. The molecule has 22 heavy (non-hydrogen) atoms. The largest absolute Gasteiger partial charge is 0.335 e. The first-order valence-corrected chi connectivity index (χ1v) is 7.79. The molecule has 1 aromatic rings. The van der Waals surface area contributed by atoms with Gasteiger partial charge in [0, 0.05) is 11.7 Å². The zero-order valence-corrected chi connectivity index (χ0v) is 14.2. The maximum atomic E-state index is 12.0. The van der Waals surface area contributed by atoms with Crippen molar-refractivity contribution in [2.45, 2.75) is 53.5 Å². The van der Waals surface area contributed by atoms with E-state index in [-0.39, 0.29) is 24.5 Å². The molecule has 0 atom stereocenters. The maximum Gasteiger partial charge on any atom is 0.315 e. The minimum absolute atomic E-state index is 0.0429. The molecule has 1 aromatic carbocycles. The molecule has 0 heterocycles. The van der Waals surface area contributed by atoms with Crippen LogP contribution in [0.3, 0.4) is 0 Å². The summed E-state index contributed by atoms with van der Waals surface area (Å²) in [4.78, 5) is 23.7. The number of anilines is 1. The molecule has 5 nitrogen and oxygen atoms in total. The fourth-order valence-electron chi connectivity index (χ4n) is 2.45. The van der Waals surface area contributed by atoms with Crippen molar-refractivity contribution in [2.24, 2.45) is 0 Å². The summed E-state index contributed by atoms with van der Waals surface area (Å²) in [6.45, 7) is 9.94. The van der Waals surface area contributed by atoms with Crippen LogP contribution in [0.2, 0.25) is 0 Å². The standard InChI is InChI=1S/C17H27N3O2/c1-6-14(7-2)19-17(22)18-10-15(21)20-16-12(4)8-11(3)9-13(16)5/h8-9,14H,6-7,10H2,1-5H3,(H,20,21)(H2,18,19,22). The molecule has 0 spiro atoms. The minimum Gasteiger partial charge on any atom is -0.335 e. The van der Waals surface area contributed by atoms with Crippen molar-refractivity contribution in [1.29, 1.82) is 0 Å². The highest BCUT2D eigenvalue weighted by molar-refractivity contribution is 5.95. The van der Waals surface area contributed by atoms with E-state index < -0.39 is 0 Å². The van der Waals surface area contributed by atoms with Crippen LogP contribution in [0.1, 0.15) is 43.4 Å². The molecule has 0 aromatic heterocycles. The zero-order valence-electron chi connectivity index (χ0n) is 14.2. The Balaban J connectivity index is 2.52. The van der Waals surface area contributed by atoms with Crippen LogP contribution >= 0.6 is 0 Å². The number of hydrogen-bond donors (Lipinski definition) is 3. The van der Waals surface area contributed by atoms with Crippen molar-refractivity contribution >= 4 is 17.6 Å². The second-order valence-electron chi connectivity index (χ2n) is 5.66. The van der Waals surface area contributed by atoms with Gasteiger partial charge >= 0.3 is 6.03 Å². The molecule has 1 rings (SSSR count). The molecule has 0 fully saturated rings. The number of hydrogen-bond acceptors (Lipinski definition) is 2. The molecule has 3 amide bonds.